The van der Waals surface area contributed by atoms with Crippen LogP contribution in [0.2, 0.25) is 0 Å². The minimum absolute atomic E-state index is 0.475. The zero-order valence-corrected chi connectivity index (χ0v) is 12.8. The molecule has 0 spiro atoms. The third-order valence-corrected chi connectivity index (χ3v) is 4.12. The maximum atomic E-state index is 8.79. The van der Waals surface area contributed by atoms with Gasteiger partial charge in [0, 0.05) is 0 Å². The molecule has 0 saturated heterocycles. The minimum Gasteiger partial charge on any atom is -0.488 e. The second-order valence-electron chi connectivity index (χ2n) is 4.70. The molecule has 3 aromatic rings. The third kappa shape index (κ3) is 2.91. The highest BCUT2D eigenvalue weighted by Gasteiger charge is 2.06. The number of nitrogens with zero attached hydrogens (tertiary/aromatic N) is 1. The Labute approximate surface area is 131 Å². The van der Waals surface area contributed by atoms with E-state index < -0.39 is 0 Å². The van der Waals surface area contributed by atoms with Gasteiger partial charge in [0.15, 0.2) is 0 Å². The molecule has 0 heterocycles. The predicted molar refractivity (Wildman–Crippen MR) is 87.1 cm³/mol. The van der Waals surface area contributed by atoms with E-state index >= 15 is 0 Å². The fourth-order valence-electron chi connectivity index (χ4n) is 2.16. The van der Waals surface area contributed by atoms with Gasteiger partial charge in [0.2, 0.25) is 0 Å². The van der Waals surface area contributed by atoms with E-state index in [1.165, 1.54) is 5.39 Å². The Morgan fingerprint density at radius 3 is 2.48 bits per heavy atom. The maximum absolute atomic E-state index is 8.79. The van der Waals surface area contributed by atoms with Crippen LogP contribution in [0.1, 0.15) is 11.1 Å². The molecule has 0 radical (unpaired) electrons. The van der Waals surface area contributed by atoms with Crippen LogP contribution >= 0.6 is 15.9 Å². The Kier molecular flexibility index (Phi) is 3.89. The first-order valence-corrected chi connectivity index (χ1v) is 7.36. The number of nitriles is 1. The first kappa shape index (κ1) is 13.7. The topological polar surface area (TPSA) is 33.0 Å². The Morgan fingerprint density at radius 2 is 1.71 bits per heavy atom. The number of hydrogen-bond donors (Lipinski definition) is 0. The zero-order chi connectivity index (χ0) is 14.7. The van der Waals surface area contributed by atoms with Crippen LogP contribution < -0.4 is 4.74 Å². The minimum atomic E-state index is 0.475. The van der Waals surface area contributed by atoms with Gasteiger partial charge in [0.1, 0.15) is 12.4 Å². The van der Waals surface area contributed by atoms with Crippen LogP contribution in [-0.2, 0) is 6.61 Å². The number of halogens is 1. The van der Waals surface area contributed by atoms with Crippen molar-refractivity contribution in [2.45, 2.75) is 6.61 Å². The molecule has 0 aliphatic rings. The van der Waals surface area contributed by atoms with E-state index in [4.69, 9.17) is 10.00 Å². The van der Waals surface area contributed by atoms with E-state index in [9.17, 15) is 0 Å². The first-order valence-electron chi connectivity index (χ1n) is 6.57. The molecule has 0 saturated carbocycles. The molecule has 0 fully saturated rings. The van der Waals surface area contributed by atoms with Gasteiger partial charge in [-0.25, -0.2) is 0 Å². The molecule has 21 heavy (non-hydrogen) atoms. The quantitative estimate of drug-likeness (QED) is 0.669. The van der Waals surface area contributed by atoms with Crippen molar-refractivity contribution in [3.63, 3.8) is 0 Å². The lowest BCUT2D eigenvalue weighted by Crippen LogP contribution is -1.96. The van der Waals surface area contributed by atoms with Crippen LogP contribution in [0.5, 0.6) is 5.75 Å². The van der Waals surface area contributed by atoms with Gasteiger partial charge in [-0.3, -0.25) is 0 Å². The van der Waals surface area contributed by atoms with Gasteiger partial charge in [-0.1, -0.05) is 42.5 Å². The standard InChI is InChI=1S/C18H12BrNO/c19-18-16-4-2-1-3-15(16)9-10-17(18)21-12-14-7-5-13(11-20)6-8-14/h1-10H,12H2. The maximum Gasteiger partial charge on any atom is 0.134 e. The smallest absolute Gasteiger partial charge is 0.134 e. The van der Waals surface area contributed by atoms with Crippen molar-refractivity contribution in [3.05, 3.63) is 76.3 Å². The summed E-state index contributed by atoms with van der Waals surface area (Å²) in [5.74, 6) is 0.818. The molecule has 2 nitrogen and oxygen atoms in total. The van der Waals surface area contributed by atoms with Crippen molar-refractivity contribution < 1.29 is 4.74 Å². The number of ether oxygens (including phenoxy) is 1. The zero-order valence-electron chi connectivity index (χ0n) is 11.2. The molecule has 0 N–H and O–H groups in total. The summed E-state index contributed by atoms with van der Waals surface area (Å²) in [7, 11) is 0. The van der Waals surface area contributed by atoms with E-state index in [0.29, 0.717) is 12.2 Å². The summed E-state index contributed by atoms with van der Waals surface area (Å²) >= 11 is 3.61. The van der Waals surface area contributed by atoms with Crippen LogP contribution in [-0.4, -0.2) is 0 Å². The monoisotopic (exact) mass is 337 g/mol. The highest BCUT2D eigenvalue weighted by Crippen LogP contribution is 2.33. The summed E-state index contributed by atoms with van der Waals surface area (Å²) in [6.45, 7) is 0.475. The van der Waals surface area contributed by atoms with Crippen LogP contribution in [0.25, 0.3) is 10.8 Å². The number of hydrogen-bond acceptors (Lipinski definition) is 2. The largest absolute Gasteiger partial charge is 0.488 e. The second kappa shape index (κ2) is 5.99. The molecule has 0 aromatic heterocycles. The lowest BCUT2D eigenvalue weighted by Gasteiger charge is -2.10. The highest BCUT2D eigenvalue weighted by molar-refractivity contribution is 9.10. The van der Waals surface area contributed by atoms with Crippen molar-refractivity contribution in [1.82, 2.24) is 0 Å². The van der Waals surface area contributed by atoms with Crippen LogP contribution in [0.3, 0.4) is 0 Å². The summed E-state index contributed by atoms with van der Waals surface area (Å²) in [4.78, 5) is 0. The van der Waals surface area contributed by atoms with Gasteiger partial charge in [-0.05, 0) is 50.5 Å². The summed E-state index contributed by atoms with van der Waals surface area (Å²) in [5, 5.41) is 11.1. The molecule has 0 aliphatic heterocycles. The summed E-state index contributed by atoms with van der Waals surface area (Å²) in [5.41, 5.74) is 1.69. The van der Waals surface area contributed by atoms with Crippen LogP contribution in [0.4, 0.5) is 0 Å². The number of fused-ring (bicyclic) bond motifs is 1. The highest BCUT2D eigenvalue weighted by atomic mass is 79.9. The summed E-state index contributed by atoms with van der Waals surface area (Å²) in [6.07, 6.45) is 0. The first-order chi connectivity index (χ1) is 10.3. The van der Waals surface area contributed by atoms with E-state index in [1.54, 1.807) is 12.1 Å². The Hall–Kier alpha value is -2.31. The van der Waals surface area contributed by atoms with Crippen molar-refractivity contribution in [1.29, 1.82) is 5.26 Å². The molecular weight excluding hydrogens is 326 g/mol. The van der Waals surface area contributed by atoms with E-state index in [1.807, 2.05) is 36.4 Å². The molecule has 0 aliphatic carbocycles. The van der Waals surface area contributed by atoms with Gasteiger partial charge in [-0.2, -0.15) is 5.26 Å². The molecule has 3 rings (SSSR count). The third-order valence-electron chi connectivity index (χ3n) is 3.31. The van der Waals surface area contributed by atoms with Gasteiger partial charge in [-0.15, -0.1) is 0 Å². The fourth-order valence-corrected chi connectivity index (χ4v) is 2.77. The van der Waals surface area contributed by atoms with Crippen molar-refractivity contribution in [2.75, 3.05) is 0 Å². The average Bonchev–Trinajstić information content (AvgIpc) is 2.55. The Morgan fingerprint density at radius 1 is 0.952 bits per heavy atom. The molecule has 3 aromatic carbocycles. The molecular formula is C18H12BrNO. The van der Waals surface area contributed by atoms with Crippen molar-refractivity contribution in [3.8, 4) is 11.8 Å². The second-order valence-corrected chi connectivity index (χ2v) is 5.49. The SMILES string of the molecule is N#Cc1ccc(COc2ccc3ccccc3c2Br)cc1. The fraction of sp³-hybridized carbons (Fsp3) is 0.0556. The average molecular weight is 338 g/mol. The lowest BCUT2D eigenvalue weighted by molar-refractivity contribution is 0.305. The predicted octanol–water partition coefficient (Wildman–Crippen LogP) is 5.05. The Bertz CT molecular complexity index is 819. The van der Waals surface area contributed by atoms with Crippen molar-refractivity contribution in [2.24, 2.45) is 0 Å². The van der Waals surface area contributed by atoms with Crippen LogP contribution in [0, 0.1) is 11.3 Å². The number of rotatable bonds is 3. The van der Waals surface area contributed by atoms with Gasteiger partial charge in [0.05, 0.1) is 16.1 Å². The normalized spacial score (nSPS) is 10.3. The molecule has 0 atom stereocenters. The van der Waals surface area contributed by atoms with E-state index in [-0.39, 0.29) is 0 Å². The van der Waals surface area contributed by atoms with Crippen LogP contribution in [0.15, 0.2) is 65.1 Å². The summed E-state index contributed by atoms with van der Waals surface area (Å²) in [6, 6.07) is 21.7. The van der Waals surface area contributed by atoms with Gasteiger partial charge >= 0.3 is 0 Å². The molecule has 0 amide bonds. The molecule has 3 heteroatoms. The molecule has 102 valence electrons. The van der Waals surface area contributed by atoms with E-state index in [0.717, 1.165) is 21.2 Å². The van der Waals surface area contributed by atoms with Crippen molar-refractivity contribution >= 4 is 26.7 Å². The Balaban J connectivity index is 1.81. The van der Waals surface area contributed by atoms with E-state index in [2.05, 4.69) is 34.1 Å². The van der Waals surface area contributed by atoms with Gasteiger partial charge < -0.3 is 4.74 Å². The summed E-state index contributed by atoms with van der Waals surface area (Å²) < 4.78 is 6.84. The lowest BCUT2D eigenvalue weighted by atomic mass is 10.1. The number of benzene rings is 3. The molecule has 0 unspecified atom stereocenters. The van der Waals surface area contributed by atoms with Gasteiger partial charge in [0.25, 0.3) is 0 Å². The molecule has 0 bridgehead atoms.